The number of hydrogen-bond acceptors (Lipinski definition) is 8. The second kappa shape index (κ2) is 11.0. The number of halogens is 1. The van der Waals surface area contributed by atoms with Crippen LogP contribution in [0.15, 0.2) is 22.7 Å². The number of rotatable bonds is 10. The molecule has 1 heterocycles. The van der Waals surface area contributed by atoms with Gasteiger partial charge in [0.2, 0.25) is 6.29 Å². The molecule has 0 aliphatic carbocycles. The first-order valence-electron chi connectivity index (χ1n) is 9.37. The number of methoxy groups -OCH3 is 1. The van der Waals surface area contributed by atoms with Crippen LogP contribution in [-0.4, -0.2) is 65.0 Å². The van der Waals surface area contributed by atoms with Crippen LogP contribution >= 0.6 is 15.9 Å². The minimum atomic E-state index is -1.49. The van der Waals surface area contributed by atoms with E-state index in [0.29, 0.717) is 16.3 Å². The van der Waals surface area contributed by atoms with Crippen molar-refractivity contribution in [3.05, 3.63) is 28.2 Å². The maximum atomic E-state index is 12.3. The van der Waals surface area contributed by atoms with E-state index in [4.69, 9.17) is 14.2 Å². The fourth-order valence-electron chi connectivity index (χ4n) is 3.78. The fourth-order valence-corrected chi connectivity index (χ4v) is 4.23. The zero-order chi connectivity index (χ0) is 24.0. The minimum Gasteiger partial charge on any atom is -0.481 e. The summed E-state index contributed by atoms with van der Waals surface area (Å²) in [6.07, 6.45) is -4.14. The molecule has 1 aliphatic rings. The van der Waals surface area contributed by atoms with Crippen molar-refractivity contribution in [2.24, 2.45) is 17.8 Å². The number of carbonyl (C=O) groups is 5. The van der Waals surface area contributed by atoms with E-state index in [1.54, 1.807) is 0 Å². The molecule has 0 bridgehead atoms. The molecule has 0 amide bonds. The standard InChI is InChI=1S/C20H21BrO11/c1-30-19(29)18-12(6-16(25)26)11(5-15(23)24)13(7-17(27)28)20(32-18)31-10-3-2-9(8-22)14(21)4-10/h2-4,8,11-13,18,20H,5-7H2,1H3,(H,23,24)(H,25,26)(H,27,28)/t11-,12-,13+,18-,20+/m0/s1. The summed E-state index contributed by atoms with van der Waals surface area (Å²) < 4.78 is 16.5. The molecular weight excluding hydrogens is 496 g/mol. The summed E-state index contributed by atoms with van der Waals surface area (Å²) in [7, 11) is 1.06. The van der Waals surface area contributed by atoms with E-state index >= 15 is 0 Å². The first-order valence-corrected chi connectivity index (χ1v) is 10.2. The summed E-state index contributed by atoms with van der Waals surface area (Å²) in [6, 6.07) is 4.27. The van der Waals surface area contributed by atoms with Gasteiger partial charge in [0.15, 0.2) is 12.4 Å². The van der Waals surface area contributed by atoms with Crippen LogP contribution in [0.4, 0.5) is 0 Å². The molecule has 174 valence electrons. The lowest BCUT2D eigenvalue weighted by molar-refractivity contribution is -0.233. The Morgan fingerprint density at radius 1 is 1.00 bits per heavy atom. The van der Waals surface area contributed by atoms with Gasteiger partial charge in [0.25, 0.3) is 0 Å². The third kappa shape index (κ3) is 6.26. The monoisotopic (exact) mass is 516 g/mol. The quantitative estimate of drug-likeness (QED) is 0.305. The predicted molar refractivity (Wildman–Crippen MR) is 108 cm³/mol. The molecule has 1 saturated heterocycles. The highest BCUT2D eigenvalue weighted by molar-refractivity contribution is 9.10. The molecule has 5 atom stereocenters. The molecule has 11 nitrogen and oxygen atoms in total. The Labute approximate surface area is 190 Å². The fraction of sp³-hybridized carbons (Fsp3) is 0.450. The van der Waals surface area contributed by atoms with Crippen molar-refractivity contribution in [2.45, 2.75) is 31.7 Å². The van der Waals surface area contributed by atoms with Gasteiger partial charge in [-0.05, 0) is 40.0 Å². The minimum absolute atomic E-state index is 0.150. The van der Waals surface area contributed by atoms with Gasteiger partial charge >= 0.3 is 23.9 Å². The molecule has 1 fully saturated rings. The Bertz CT molecular complexity index is 900. The highest BCUT2D eigenvalue weighted by atomic mass is 79.9. The van der Waals surface area contributed by atoms with Crippen molar-refractivity contribution < 1.29 is 53.5 Å². The number of carboxylic acid groups (broad SMARTS) is 3. The number of ether oxygens (including phenoxy) is 3. The molecule has 0 radical (unpaired) electrons. The van der Waals surface area contributed by atoms with E-state index in [2.05, 4.69) is 15.9 Å². The average Bonchev–Trinajstić information content (AvgIpc) is 2.70. The van der Waals surface area contributed by atoms with Crippen molar-refractivity contribution in [3.8, 4) is 5.75 Å². The second-order valence-electron chi connectivity index (χ2n) is 7.15. The smallest absolute Gasteiger partial charge is 0.335 e. The topological polar surface area (TPSA) is 174 Å². The predicted octanol–water partition coefficient (Wildman–Crippen LogP) is 1.81. The summed E-state index contributed by atoms with van der Waals surface area (Å²) in [5.41, 5.74) is 0.321. The zero-order valence-corrected chi connectivity index (χ0v) is 18.4. The molecule has 0 saturated carbocycles. The van der Waals surface area contributed by atoms with Crippen LogP contribution in [0.3, 0.4) is 0 Å². The van der Waals surface area contributed by atoms with E-state index < -0.39 is 73.3 Å². The molecule has 2 rings (SSSR count). The van der Waals surface area contributed by atoms with Gasteiger partial charge in [0, 0.05) is 28.3 Å². The number of aliphatic carboxylic acids is 3. The Morgan fingerprint density at radius 2 is 1.56 bits per heavy atom. The molecule has 1 aliphatic heterocycles. The summed E-state index contributed by atoms with van der Waals surface area (Å²) >= 11 is 3.19. The second-order valence-corrected chi connectivity index (χ2v) is 8.01. The zero-order valence-electron chi connectivity index (χ0n) is 16.8. The number of benzene rings is 1. The van der Waals surface area contributed by atoms with E-state index in [9.17, 15) is 39.3 Å². The number of esters is 1. The highest BCUT2D eigenvalue weighted by Crippen LogP contribution is 2.42. The molecule has 1 aromatic carbocycles. The van der Waals surface area contributed by atoms with Gasteiger partial charge in [0.05, 0.1) is 20.0 Å². The number of aldehydes is 1. The Hall–Kier alpha value is -2.99. The van der Waals surface area contributed by atoms with Crippen molar-refractivity contribution in [1.29, 1.82) is 0 Å². The van der Waals surface area contributed by atoms with Crippen molar-refractivity contribution in [3.63, 3.8) is 0 Å². The maximum absolute atomic E-state index is 12.3. The van der Waals surface area contributed by atoms with Crippen LogP contribution in [0.5, 0.6) is 5.75 Å². The van der Waals surface area contributed by atoms with Crippen LogP contribution < -0.4 is 4.74 Å². The normalized spacial score (nSPS) is 24.9. The molecule has 32 heavy (non-hydrogen) atoms. The molecule has 0 spiro atoms. The van der Waals surface area contributed by atoms with E-state index in [0.717, 1.165) is 7.11 Å². The maximum Gasteiger partial charge on any atom is 0.335 e. The first kappa shape index (κ1) is 25.3. The number of carboxylic acids is 3. The molecule has 0 aromatic heterocycles. The van der Waals surface area contributed by atoms with Gasteiger partial charge in [-0.3, -0.25) is 19.2 Å². The van der Waals surface area contributed by atoms with E-state index in [-0.39, 0.29) is 5.75 Å². The number of hydrogen-bond donors (Lipinski definition) is 3. The molecule has 12 heteroatoms. The van der Waals surface area contributed by atoms with Crippen LogP contribution in [-0.2, 0) is 28.7 Å². The van der Waals surface area contributed by atoms with Crippen molar-refractivity contribution in [1.82, 2.24) is 0 Å². The summed E-state index contributed by atoms with van der Waals surface area (Å²) in [4.78, 5) is 57.8. The molecule has 3 N–H and O–H groups in total. The van der Waals surface area contributed by atoms with E-state index in [1.165, 1.54) is 18.2 Å². The van der Waals surface area contributed by atoms with Crippen LogP contribution in [0.2, 0.25) is 0 Å². The van der Waals surface area contributed by atoms with Gasteiger partial charge in [-0.2, -0.15) is 0 Å². The molecule has 0 unspecified atom stereocenters. The van der Waals surface area contributed by atoms with E-state index in [1.807, 2.05) is 0 Å². The lowest BCUT2D eigenvalue weighted by Crippen LogP contribution is -2.54. The van der Waals surface area contributed by atoms with Gasteiger partial charge in [-0.1, -0.05) is 0 Å². The third-order valence-electron chi connectivity index (χ3n) is 5.13. The van der Waals surface area contributed by atoms with Gasteiger partial charge in [0.1, 0.15) is 5.75 Å². The average molecular weight is 517 g/mol. The molecule has 1 aromatic rings. The SMILES string of the molecule is COC(=O)[C@H]1O[C@@H](Oc2ccc(C=O)c(Br)c2)[C@H](CC(=O)O)[C@@H](CC(=O)O)[C@@H]1CC(=O)O. The van der Waals surface area contributed by atoms with Gasteiger partial charge in [-0.15, -0.1) is 0 Å². The lowest BCUT2D eigenvalue weighted by atomic mass is 9.71. The van der Waals surface area contributed by atoms with Crippen LogP contribution in [0.25, 0.3) is 0 Å². The Kier molecular flexibility index (Phi) is 8.72. The Balaban J connectivity index is 2.51. The largest absolute Gasteiger partial charge is 0.481 e. The Morgan fingerprint density at radius 3 is 2.06 bits per heavy atom. The first-order chi connectivity index (χ1) is 15.1. The van der Waals surface area contributed by atoms with Crippen molar-refractivity contribution >= 4 is 46.1 Å². The van der Waals surface area contributed by atoms with Crippen molar-refractivity contribution in [2.75, 3.05) is 7.11 Å². The third-order valence-corrected chi connectivity index (χ3v) is 5.82. The van der Waals surface area contributed by atoms with Gasteiger partial charge < -0.3 is 29.5 Å². The van der Waals surface area contributed by atoms with Crippen LogP contribution in [0, 0.1) is 17.8 Å². The summed E-state index contributed by atoms with van der Waals surface area (Å²) in [5, 5.41) is 28.1. The summed E-state index contributed by atoms with van der Waals surface area (Å²) in [6.45, 7) is 0. The highest BCUT2D eigenvalue weighted by Gasteiger charge is 2.51. The van der Waals surface area contributed by atoms with Crippen LogP contribution in [0.1, 0.15) is 29.6 Å². The lowest BCUT2D eigenvalue weighted by Gasteiger charge is -2.44. The van der Waals surface area contributed by atoms with Gasteiger partial charge in [-0.25, -0.2) is 4.79 Å². The number of carbonyl (C=O) groups excluding carboxylic acids is 2. The molecular formula is C20H21BrO11. The summed E-state index contributed by atoms with van der Waals surface area (Å²) in [5.74, 6) is -8.04.